The number of Topliss-reactive ketones (excluding diaryl/α,β-unsaturated/α-hetero) is 1. The SMILES string of the molecule is COc1ccc(I)c2c1C(=O)C=C(C)C2=O. The van der Waals surface area contributed by atoms with Crippen molar-refractivity contribution in [1.82, 2.24) is 0 Å². The first-order chi connectivity index (χ1) is 7.56. The maximum Gasteiger partial charge on any atom is 0.190 e. The molecule has 0 radical (unpaired) electrons. The van der Waals surface area contributed by atoms with Crippen LogP contribution in [0.2, 0.25) is 0 Å². The molecule has 0 aromatic heterocycles. The molecule has 0 bridgehead atoms. The maximum absolute atomic E-state index is 12.0. The van der Waals surface area contributed by atoms with Crippen LogP contribution in [0.1, 0.15) is 27.6 Å². The minimum atomic E-state index is -0.164. The molecule has 0 fully saturated rings. The van der Waals surface area contributed by atoms with Gasteiger partial charge < -0.3 is 4.74 Å². The van der Waals surface area contributed by atoms with Crippen molar-refractivity contribution >= 4 is 34.2 Å². The van der Waals surface area contributed by atoms with E-state index in [4.69, 9.17) is 4.74 Å². The summed E-state index contributed by atoms with van der Waals surface area (Å²) in [4.78, 5) is 23.8. The molecule has 4 heteroatoms. The van der Waals surface area contributed by atoms with Gasteiger partial charge in [0.25, 0.3) is 0 Å². The van der Waals surface area contributed by atoms with Gasteiger partial charge in [-0.25, -0.2) is 0 Å². The molecule has 0 saturated carbocycles. The Kier molecular flexibility index (Phi) is 2.84. The van der Waals surface area contributed by atoms with Crippen LogP contribution in [0.5, 0.6) is 5.75 Å². The third-order valence-electron chi connectivity index (χ3n) is 2.52. The number of carbonyl (C=O) groups is 2. The Morgan fingerprint density at radius 2 is 1.88 bits per heavy atom. The van der Waals surface area contributed by atoms with Crippen molar-refractivity contribution in [2.24, 2.45) is 0 Å². The number of carbonyl (C=O) groups excluding carboxylic acids is 2. The van der Waals surface area contributed by atoms with Crippen molar-refractivity contribution in [2.75, 3.05) is 7.11 Å². The van der Waals surface area contributed by atoms with E-state index in [1.807, 2.05) is 0 Å². The van der Waals surface area contributed by atoms with E-state index in [2.05, 4.69) is 22.6 Å². The highest BCUT2D eigenvalue weighted by Crippen LogP contribution is 2.32. The van der Waals surface area contributed by atoms with Crippen molar-refractivity contribution in [3.63, 3.8) is 0 Å². The number of halogens is 1. The van der Waals surface area contributed by atoms with Crippen LogP contribution in [0.25, 0.3) is 0 Å². The molecule has 82 valence electrons. The van der Waals surface area contributed by atoms with E-state index in [1.54, 1.807) is 19.1 Å². The molecule has 16 heavy (non-hydrogen) atoms. The number of ether oxygens (including phenoxy) is 1. The van der Waals surface area contributed by atoms with Gasteiger partial charge in [-0.2, -0.15) is 0 Å². The first-order valence-corrected chi connectivity index (χ1v) is 5.78. The molecule has 1 aromatic rings. The third kappa shape index (κ3) is 1.57. The topological polar surface area (TPSA) is 43.4 Å². The fourth-order valence-corrected chi connectivity index (χ4v) is 2.42. The summed E-state index contributed by atoms with van der Waals surface area (Å²) in [5, 5.41) is 0. The first kappa shape index (κ1) is 11.3. The van der Waals surface area contributed by atoms with Gasteiger partial charge in [0.2, 0.25) is 0 Å². The summed E-state index contributed by atoms with van der Waals surface area (Å²) in [6.07, 6.45) is 1.36. The minimum Gasteiger partial charge on any atom is -0.496 e. The van der Waals surface area contributed by atoms with Crippen LogP contribution in [0.15, 0.2) is 23.8 Å². The van der Waals surface area contributed by atoms with Crippen molar-refractivity contribution in [2.45, 2.75) is 6.92 Å². The molecule has 0 amide bonds. The molecular weight excluding hydrogens is 319 g/mol. The molecule has 0 atom stereocenters. The van der Waals surface area contributed by atoms with Crippen LogP contribution in [0.3, 0.4) is 0 Å². The molecule has 0 unspecified atom stereocenters. The number of ketones is 2. The van der Waals surface area contributed by atoms with E-state index in [0.29, 0.717) is 22.4 Å². The standard InChI is InChI=1S/C12H9IO3/c1-6-5-8(14)11-9(16-2)4-3-7(13)10(11)12(6)15/h3-5H,1-2H3. The van der Waals surface area contributed by atoms with E-state index in [9.17, 15) is 9.59 Å². The number of methoxy groups -OCH3 is 1. The second-order valence-corrected chi connectivity index (χ2v) is 4.68. The number of benzene rings is 1. The van der Waals surface area contributed by atoms with Crippen molar-refractivity contribution in [3.05, 3.63) is 38.5 Å². The lowest BCUT2D eigenvalue weighted by Gasteiger charge is -2.16. The molecule has 1 aliphatic carbocycles. The second-order valence-electron chi connectivity index (χ2n) is 3.52. The Morgan fingerprint density at radius 3 is 2.50 bits per heavy atom. The average Bonchev–Trinajstić information content (AvgIpc) is 2.25. The van der Waals surface area contributed by atoms with Crippen molar-refractivity contribution in [1.29, 1.82) is 0 Å². The van der Waals surface area contributed by atoms with Gasteiger partial charge in [0.15, 0.2) is 11.6 Å². The highest BCUT2D eigenvalue weighted by molar-refractivity contribution is 14.1. The lowest BCUT2D eigenvalue weighted by molar-refractivity contribution is 0.0981. The molecule has 1 aromatic carbocycles. The zero-order valence-corrected chi connectivity index (χ0v) is 11.0. The largest absolute Gasteiger partial charge is 0.496 e. The number of hydrogen-bond donors (Lipinski definition) is 0. The van der Waals surface area contributed by atoms with Gasteiger partial charge >= 0.3 is 0 Å². The average molecular weight is 328 g/mol. The number of rotatable bonds is 1. The van der Waals surface area contributed by atoms with Gasteiger partial charge in [0, 0.05) is 9.14 Å². The Labute approximate surface area is 107 Å². The van der Waals surface area contributed by atoms with E-state index >= 15 is 0 Å². The summed E-state index contributed by atoms with van der Waals surface area (Å²) in [7, 11) is 1.49. The van der Waals surface area contributed by atoms with Crippen molar-refractivity contribution in [3.8, 4) is 5.75 Å². The van der Waals surface area contributed by atoms with Crippen LogP contribution >= 0.6 is 22.6 Å². The van der Waals surface area contributed by atoms with Gasteiger partial charge in [-0.15, -0.1) is 0 Å². The van der Waals surface area contributed by atoms with E-state index in [1.165, 1.54) is 13.2 Å². The van der Waals surface area contributed by atoms with Gasteiger partial charge in [-0.1, -0.05) is 0 Å². The van der Waals surface area contributed by atoms with E-state index < -0.39 is 0 Å². The summed E-state index contributed by atoms with van der Waals surface area (Å²) in [6, 6.07) is 3.49. The smallest absolute Gasteiger partial charge is 0.190 e. The van der Waals surface area contributed by atoms with Crippen molar-refractivity contribution < 1.29 is 14.3 Å². The zero-order valence-electron chi connectivity index (χ0n) is 8.83. The van der Waals surface area contributed by atoms with E-state index in [-0.39, 0.29) is 11.6 Å². The highest BCUT2D eigenvalue weighted by Gasteiger charge is 2.28. The summed E-state index contributed by atoms with van der Waals surface area (Å²) in [5.74, 6) is 0.192. The summed E-state index contributed by atoms with van der Waals surface area (Å²) in [6.45, 7) is 1.65. The molecule has 3 nitrogen and oxygen atoms in total. The molecule has 0 N–H and O–H groups in total. The quantitative estimate of drug-likeness (QED) is 0.745. The molecule has 0 heterocycles. The predicted octanol–water partition coefficient (Wildman–Crippen LogP) is 2.63. The highest BCUT2D eigenvalue weighted by atomic mass is 127. The molecule has 2 rings (SSSR count). The second kappa shape index (κ2) is 4.01. The zero-order chi connectivity index (χ0) is 11.9. The molecular formula is C12H9IO3. The monoisotopic (exact) mass is 328 g/mol. The summed E-state index contributed by atoms with van der Waals surface area (Å²) in [5.41, 5.74) is 1.32. The Hall–Kier alpha value is -1.17. The third-order valence-corrected chi connectivity index (χ3v) is 3.41. The molecule has 0 spiro atoms. The van der Waals surface area contributed by atoms with Crippen LogP contribution in [-0.4, -0.2) is 18.7 Å². The number of allylic oxidation sites excluding steroid dienone is 2. The Balaban J connectivity index is 2.79. The van der Waals surface area contributed by atoms with Crippen LogP contribution < -0.4 is 4.74 Å². The lowest BCUT2D eigenvalue weighted by atomic mass is 9.89. The number of fused-ring (bicyclic) bond motifs is 1. The minimum absolute atomic E-state index is 0.0992. The normalized spacial score (nSPS) is 14.6. The van der Waals surface area contributed by atoms with Crippen LogP contribution in [0.4, 0.5) is 0 Å². The van der Waals surface area contributed by atoms with Gasteiger partial charge in [-0.3, -0.25) is 9.59 Å². The van der Waals surface area contributed by atoms with Gasteiger partial charge in [0.1, 0.15) is 5.75 Å². The Morgan fingerprint density at radius 1 is 1.19 bits per heavy atom. The summed E-state index contributed by atoms with van der Waals surface area (Å²) < 4.78 is 5.89. The molecule has 0 aliphatic heterocycles. The first-order valence-electron chi connectivity index (χ1n) is 4.70. The summed E-state index contributed by atoms with van der Waals surface area (Å²) >= 11 is 2.06. The van der Waals surface area contributed by atoms with E-state index in [0.717, 1.165) is 3.57 Å². The maximum atomic E-state index is 12.0. The number of hydrogen-bond acceptors (Lipinski definition) is 3. The van der Waals surface area contributed by atoms with Gasteiger partial charge in [0.05, 0.1) is 18.2 Å². The molecule has 0 saturated heterocycles. The predicted molar refractivity (Wildman–Crippen MR) is 68.1 cm³/mol. The van der Waals surface area contributed by atoms with Gasteiger partial charge in [-0.05, 0) is 47.7 Å². The fraction of sp³-hybridized carbons (Fsp3) is 0.167. The fourth-order valence-electron chi connectivity index (χ4n) is 1.73. The molecule has 1 aliphatic rings. The van der Waals surface area contributed by atoms with Crippen LogP contribution in [0, 0.1) is 3.57 Å². The van der Waals surface area contributed by atoms with Crippen LogP contribution in [-0.2, 0) is 0 Å². The Bertz CT molecular complexity index is 529. The lowest BCUT2D eigenvalue weighted by Crippen LogP contribution is -2.18.